The number of rotatable bonds is 10. The second-order valence-corrected chi connectivity index (χ2v) is 11.0. The lowest BCUT2D eigenvalue weighted by molar-refractivity contribution is -0.139. The summed E-state index contributed by atoms with van der Waals surface area (Å²) >= 11 is 0. The molecular weight excluding hydrogens is 485 g/mol. The number of anilines is 1. The van der Waals surface area contributed by atoms with Crippen molar-refractivity contribution in [3.05, 3.63) is 59.9 Å². The number of methoxy groups -OCH3 is 1. The van der Waals surface area contributed by atoms with Gasteiger partial charge in [-0.1, -0.05) is 31.4 Å². The molecule has 1 aliphatic rings. The summed E-state index contributed by atoms with van der Waals surface area (Å²) in [5.74, 6) is -0.699. The zero-order valence-electron chi connectivity index (χ0n) is 20.9. The molecule has 0 aliphatic heterocycles. The molecule has 196 valence electrons. The molecule has 0 aromatic heterocycles. The molecule has 2 aromatic rings. The maximum Gasteiger partial charge on any atom is 0.244 e. The number of nitrogens with one attached hydrogen (secondary N) is 1. The summed E-state index contributed by atoms with van der Waals surface area (Å²) < 4.78 is 44.6. The molecule has 0 spiro atoms. The fourth-order valence-electron chi connectivity index (χ4n) is 4.30. The first kappa shape index (κ1) is 27.4. The summed E-state index contributed by atoms with van der Waals surface area (Å²) in [4.78, 5) is 28.1. The third kappa shape index (κ3) is 7.43. The van der Waals surface area contributed by atoms with E-state index in [-0.39, 0.29) is 24.2 Å². The highest BCUT2D eigenvalue weighted by Gasteiger charge is 2.31. The van der Waals surface area contributed by atoms with E-state index in [0.29, 0.717) is 5.75 Å². The maximum atomic E-state index is 13.5. The first-order valence-electron chi connectivity index (χ1n) is 12.0. The Balaban J connectivity index is 1.85. The molecule has 0 heterocycles. The minimum absolute atomic E-state index is 0.0679. The summed E-state index contributed by atoms with van der Waals surface area (Å²) in [6.07, 6.45) is 6.03. The van der Waals surface area contributed by atoms with Gasteiger partial charge in [0.2, 0.25) is 21.8 Å². The van der Waals surface area contributed by atoms with Crippen LogP contribution in [0.1, 0.15) is 44.6 Å². The van der Waals surface area contributed by atoms with Crippen molar-refractivity contribution in [1.82, 2.24) is 10.2 Å². The molecule has 0 saturated heterocycles. The summed E-state index contributed by atoms with van der Waals surface area (Å²) in [5.41, 5.74) is 0.921. The van der Waals surface area contributed by atoms with Crippen LogP contribution >= 0.6 is 0 Å². The smallest absolute Gasteiger partial charge is 0.244 e. The molecule has 2 amide bonds. The highest BCUT2D eigenvalue weighted by molar-refractivity contribution is 7.92. The van der Waals surface area contributed by atoms with Crippen molar-refractivity contribution in [1.29, 1.82) is 0 Å². The first-order chi connectivity index (χ1) is 17.1. The van der Waals surface area contributed by atoms with E-state index in [2.05, 4.69) is 5.32 Å². The lowest BCUT2D eigenvalue weighted by Gasteiger charge is -2.33. The van der Waals surface area contributed by atoms with Gasteiger partial charge in [-0.2, -0.15) is 0 Å². The topological polar surface area (TPSA) is 96.0 Å². The molecule has 0 unspecified atom stereocenters. The van der Waals surface area contributed by atoms with Gasteiger partial charge in [0.25, 0.3) is 0 Å². The van der Waals surface area contributed by atoms with Crippen LogP contribution in [0, 0.1) is 5.82 Å². The number of amides is 2. The van der Waals surface area contributed by atoms with Gasteiger partial charge in [0, 0.05) is 12.6 Å². The Bertz CT molecular complexity index is 1130. The van der Waals surface area contributed by atoms with E-state index < -0.39 is 34.3 Å². The fourth-order valence-corrected chi connectivity index (χ4v) is 5.15. The molecule has 36 heavy (non-hydrogen) atoms. The standard InChI is InChI=1S/C26H34FN3O5S/c1-19(26(32)28-22-7-5-4-6-8-22)29(17-20-9-15-24(35-2)16-10-20)25(31)18-30(36(3,33)34)23-13-11-21(27)12-14-23/h9-16,19,22H,4-8,17-18H2,1-3H3,(H,28,32)/t19-/m0/s1. The predicted octanol–water partition coefficient (Wildman–Crippen LogP) is 3.47. The van der Waals surface area contributed by atoms with Crippen LogP contribution in [-0.4, -0.2) is 57.1 Å². The molecular formula is C26H34FN3O5S. The zero-order valence-corrected chi connectivity index (χ0v) is 21.8. The normalized spacial score (nSPS) is 15.1. The summed E-state index contributed by atoms with van der Waals surface area (Å²) in [6, 6.07) is 11.2. The zero-order chi connectivity index (χ0) is 26.3. The fraction of sp³-hybridized carbons (Fsp3) is 0.462. The van der Waals surface area contributed by atoms with E-state index in [1.165, 1.54) is 17.0 Å². The lowest BCUT2D eigenvalue weighted by Crippen LogP contribution is -2.52. The Hall–Kier alpha value is -3.14. The molecule has 0 radical (unpaired) electrons. The maximum absolute atomic E-state index is 13.5. The number of carbonyl (C=O) groups excluding carboxylic acids is 2. The van der Waals surface area contributed by atoms with Gasteiger partial charge in [-0.15, -0.1) is 0 Å². The number of halogens is 1. The summed E-state index contributed by atoms with van der Waals surface area (Å²) in [5, 5.41) is 3.05. The van der Waals surface area contributed by atoms with Crippen LogP contribution in [0.5, 0.6) is 5.75 Å². The van der Waals surface area contributed by atoms with Gasteiger partial charge in [-0.05, 0) is 61.7 Å². The summed E-state index contributed by atoms with van der Waals surface area (Å²) in [7, 11) is -2.31. The van der Waals surface area contributed by atoms with Crippen LogP contribution in [0.25, 0.3) is 0 Å². The minimum atomic E-state index is -3.86. The number of carbonyl (C=O) groups is 2. The monoisotopic (exact) mass is 519 g/mol. The van der Waals surface area contributed by atoms with Crippen molar-refractivity contribution < 1.29 is 27.1 Å². The number of sulfonamides is 1. The Kier molecular flexibility index (Phi) is 9.31. The number of ether oxygens (including phenoxy) is 1. The molecule has 1 saturated carbocycles. The molecule has 0 bridgehead atoms. The van der Waals surface area contributed by atoms with E-state index in [1.54, 1.807) is 38.3 Å². The predicted molar refractivity (Wildman–Crippen MR) is 137 cm³/mol. The van der Waals surface area contributed by atoms with Crippen molar-refractivity contribution >= 4 is 27.5 Å². The van der Waals surface area contributed by atoms with Gasteiger partial charge < -0.3 is 15.0 Å². The molecule has 1 N–H and O–H groups in total. The number of benzene rings is 2. The largest absolute Gasteiger partial charge is 0.497 e. The highest BCUT2D eigenvalue weighted by Crippen LogP contribution is 2.21. The van der Waals surface area contributed by atoms with Crippen LogP contribution in [-0.2, 0) is 26.2 Å². The Morgan fingerprint density at radius 1 is 1.06 bits per heavy atom. The molecule has 1 atom stereocenters. The average molecular weight is 520 g/mol. The molecule has 8 nitrogen and oxygen atoms in total. The summed E-state index contributed by atoms with van der Waals surface area (Å²) in [6.45, 7) is 1.22. The third-order valence-corrected chi connectivity index (χ3v) is 7.57. The van der Waals surface area contributed by atoms with Gasteiger partial charge >= 0.3 is 0 Å². The van der Waals surface area contributed by atoms with Crippen molar-refractivity contribution in [2.75, 3.05) is 24.2 Å². The SMILES string of the molecule is COc1ccc(CN(C(=O)CN(c2ccc(F)cc2)S(C)(=O)=O)[C@@H](C)C(=O)NC2CCCCC2)cc1. The van der Waals surface area contributed by atoms with Gasteiger partial charge in [0.05, 0.1) is 19.1 Å². The van der Waals surface area contributed by atoms with E-state index >= 15 is 0 Å². The second-order valence-electron chi connectivity index (χ2n) is 9.14. The number of hydrogen-bond acceptors (Lipinski definition) is 5. The van der Waals surface area contributed by atoms with Crippen LogP contribution in [0.15, 0.2) is 48.5 Å². The molecule has 1 fully saturated rings. The Morgan fingerprint density at radius 3 is 2.22 bits per heavy atom. The highest BCUT2D eigenvalue weighted by atomic mass is 32.2. The van der Waals surface area contributed by atoms with E-state index in [0.717, 1.165) is 60.4 Å². The minimum Gasteiger partial charge on any atom is -0.497 e. The molecule has 3 rings (SSSR count). The second kappa shape index (κ2) is 12.2. The average Bonchev–Trinajstić information content (AvgIpc) is 2.86. The van der Waals surface area contributed by atoms with Gasteiger partial charge in [0.1, 0.15) is 24.2 Å². The Labute approximate surface area is 212 Å². The van der Waals surface area contributed by atoms with Crippen molar-refractivity contribution in [3.8, 4) is 5.75 Å². The molecule has 2 aromatic carbocycles. The van der Waals surface area contributed by atoms with E-state index in [4.69, 9.17) is 4.74 Å². The van der Waals surface area contributed by atoms with Crippen LogP contribution in [0.2, 0.25) is 0 Å². The number of hydrogen-bond donors (Lipinski definition) is 1. The first-order valence-corrected chi connectivity index (χ1v) is 13.9. The van der Waals surface area contributed by atoms with Crippen molar-refractivity contribution in [2.45, 2.75) is 57.7 Å². The lowest BCUT2D eigenvalue weighted by atomic mass is 9.95. The third-order valence-electron chi connectivity index (χ3n) is 6.42. The van der Waals surface area contributed by atoms with E-state index in [1.807, 2.05) is 0 Å². The van der Waals surface area contributed by atoms with Crippen molar-refractivity contribution in [3.63, 3.8) is 0 Å². The van der Waals surface area contributed by atoms with Gasteiger partial charge in [-0.25, -0.2) is 12.8 Å². The Morgan fingerprint density at radius 2 is 1.67 bits per heavy atom. The molecule has 10 heteroatoms. The number of nitrogens with zero attached hydrogens (tertiary/aromatic N) is 2. The van der Waals surface area contributed by atoms with Gasteiger partial charge in [0.15, 0.2) is 0 Å². The molecule has 1 aliphatic carbocycles. The quantitative estimate of drug-likeness (QED) is 0.519. The van der Waals surface area contributed by atoms with Crippen LogP contribution in [0.4, 0.5) is 10.1 Å². The van der Waals surface area contributed by atoms with Crippen LogP contribution in [0.3, 0.4) is 0 Å². The van der Waals surface area contributed by atoms with Crippen LogP contribution < -0.4 is 14.4 Å². The van der Waals surface area contributed by atoms with Gasteiger partial charge in [-0.3, -0.25) is 13.9 Å². The van der Waals surface area contributed by atoms with Crippen molar-refractivity contribution in [2.24, 2.45) is 0 Å². The van der Waals surface area contributed by atoms with E-state index in [9.17, 15) is 22.4 Å².